The maximum atomic E-state index is 11.7. The summed E-state index contributed by atoms with van der Waals surface area (Å²) in [5, 5.41) is 0. The molecule has 0 aromatic rings. The monoisotopic (exact) mass is 624 g/mol. The summed E-state index contributed by atoms with van der Waals surface area (Å²) in [7, 11) is 0. The Morgan fingerprint density at radius 2 is 0.822 bits per heavy atom. The smallest absolute Gasteiger partial charge is 0.211 e. The highest BCUT2D eigenvalue weighted by Gasteiger charge is 2.46. The zero-order valence-corrected chi connectivity index (χ0v) is 25.0. The van der Waals surface area contributed by atoms with Gasteiger partial charge in [0.1, 0.15) is 5.54 Å². The second kappa shape index (κ2) is 27.8. The van der Waals surface area contributed by atoms with Gasteiger partial charge < -0.3 is 0 Å². The molecule has 0 bridgehead atoms. The number of rotatable bonds is 28. The quantitative estimate of drug-likeness (QED) is 0.0710. The number of unbranched alkanes of at least 4 members (excludes halogenated alkanes) is 4. The van der Waals surface area contributed by atoms with E-state index in [1.807, 2.05) is 0 Å². The average molecular weight is 625 g/mol. The van der Waals surface area contributed by atoms with Gasteiger partial charge in [0, 0.05) is 0 Å². The van der Waals surface area contributed by atoms with Crippen LogP contribution in [-0.4, -0.2) is 98.0 Å². The summed E-state index contributed by atoms with van der Waals surface area (Å²) in [4.78, 5) is 118. The molecule has 5 atom stereocenters. The lowest BCUT2D eigenvalue weighted by atomic mass is 9.75. The summed E-state index contributed by atoms with van der Waals surface area (Å²) in [6.07, 6.45) is 16.7. The van der Waals surface area contributed by atoms with Gasteiger partial charge in [0.2, 0.25) is 48.6 Å². The minimum Gasteiger partial charge on any atom is -0.211 e. The number of carbonyl (C=O) groups excluding carboxylic acids is 8. The molecule has 5 unspecified atom stereocenters. The Hall–Kier alpha value is -4.96. The van der Waals surface area contributed by atoms with Crippen LogP contribution in [0.15, 0.2) is 39.9 Å². The fraction of sp³-hybridized carbons (Fsp3) is 0.724. The Labute approximate surface area is 259 Å². The predicted molar refractivity (Wildman–Crippen MR) is 157 cm³/mol. The molecule has 0 radical (unpaired) electrons. The number of hydrogen-bond donors (Lipinski definition) is 0. The van der Waals surface area contributed by atoms with Crippen molar-refractivity contribution in [3.8, 4) is 0 Å². The van der Waals surface area contributed by atoms with E-state index in [0.29, 0.717) is 51.5 Å². The third kappa shape index (κ3) is 17.1. The van der Waals surface area contributed by atoms with E-state index in [0.717, 1.165) is 0 Å². The highest BCUT2D eigenvalue weighted by Crippen LogP contribution is 2.36. The van der Waals surface area contributed by atoms with E-state index in [1.165, 1.54) is 48.6 Å². The molecule has 45 heavy (non-hydrogen) atoms. The molecule has 0 aliphatic heterocycles. The van der Waals surface area contributed by atoms with Crippen LogP contribution >= 0.6 is 0 Å². The third-order valence-corrected chi connectivity index (χ3v) is 7.24. The van der Waals surface area contributed by atoms with Crippen molar-refractivity contribution < 1.29 is 38.4 Å². The molecule has 0 rings (SSSR count). The van der Waals surface area contributed by atoms with Crippen molar-refractivity contribution in [1.82, 2.24) is 0 Å². The molecule has 16 heteroatoms. The summed E-state index contributed by atoms with van der Waals surface area (Å²) in [5.74, 6) is 0. The van der Waals surface area contributed by atoms with Crippen LogP contribution in [0.25, 0.3) is 0 Å². The third-order valence-electron chi connectivity index (χ3n) is 7.24. The molecule has 0 aliphatic rings. The molecule has 0 amide bonds. The summed E-state index contributed by atoms with van der Waals surface area (Å²) < 4.78 is 0. The molecule has 0 aromatic heterocycles. The van der Waals surface area contributed by atoms with E-state index >= 15 is 0 Å². The Kier molecular flexibility index (Phi) is 24.8. The van der Waals surface area contributed by atoms with E-state index < -0.39 is 29.7 Å². The van der Waals surface area contributed by atoms with Gasteiger partial charge in [-0.15, -0.1) is 0 Å². The van der Waals surface area contributed by atoms with E-state index in [9.17, 15) is 38.4 Å². The Balaban J connectivity index is 6.18. The largest absolute Gasteiger partial charge is 0.235 e. The lowest BCUT2D eigenvalue weighted by Gasteiger charge is -2.38. The standard InChI is InChI=1S/C29H36N8O8/c38-17-30-14-5-1-3-9-25(33-20-41)26(34-21-42)10-7-12-28(36-23-44)29(37-24-45,13-8-16-32-19-40)27(35-22-43)11-4-2-6-15-31-18-39/h25-28H,1-16H2. The molecule has 0 N–H and O–H groups in total. The summed E-state index contributed by atoms with van der Waals surface area (Å²) in [5.41, 5.74) is -1.57. The predicted octanol–water partition coefficient (Wildman–Crippen LogP) is 2.96. The van der Waals surface area contributed by atoms with Gasteiger partial charge in [-0.05, 0) is 57.8 Å². The molecular weight excluding hydrogens is 588 g/mol. The van der Waals surface area contributed by atoms with Gasteiger partial charge in [-0.25, -0.2) is 63.3 Å². The number of isocyanates is 8. The number of hydrogen-bond acceptors (Lipinski definition) is 16. The Morgan fingerprint density at radius 3 is 1.27 bits per heavy atom. The van der Waals surface area contributed by atoms with Crippen molar-refractivity contribution >= 4 is 48.6 Å². The first-order valence-corrected chi connectivity index (χ1v) is 14.5. The molecule has 0 fully saturated rings. The molecule has 0 saturated carbocycles. The Morgan fingerprint density at radius 1 is 0.400 bits per heavy atom. The van der Waals surface area contributed by atoms with Crippen molar-refractivity contribution in [3.05, 3.63) is 0 Å². The lowest BCUT2D eigenvalue weighted by molar-refractivity contribution is 0.237. The van der Waals surface area contributed by atoms with Crippen LogP contribution in [0.2, 0.25) is 0 Å². The van der Waals surface area contributed by atoms with Crippen LogP contribution in [0.1, 0.15) is 83.5 Å². The van der Waals surface area contributed by atoms with Gasteiger partial charge in [0.15, 0.2) is 0 Å². The van der Waals surface area contributed by atoms with Gasteiger partial charge in [-0.2, -0.15) is 15.0 Å². The fourth-order valence-electron chi connectivity index (χ4n) is 5.17. The first kappa shape index (κ1) is 40.0. The molecular formula is C29H36N8O8. The van der Waals surface area contributed by atoms with Crippen molar-refractivity contribution in [2.24, 2.45) is 39.9 Å². The first-order chi connectivity index (χ1) is 22.0. The van der Waals surface area contributed by atoms with Crippen molar-refractivity contribution in [1.29, 1.82) is 0 Å². The topological polar surface area (TPSA) is 235 Å². The van der Waals surface area contributed by atoms with E-state index in [-0.39, 0.29) is 51.6 Å². The van der Waals surface area contributed by atoms with Gasteiger partial charge in [-0.3, -0.25) is 0 Å². The fourth-order valence-corrected chi connectivity index (χ4v) is 5.17. The van der Waals surface area contributed by atoms with Crippen LogP contribution in [0.5, 0.6) is 0 Å². The molecule has 0 aromatic carbocycles. The first-order valence-electron chi connectivity index (χ1n) is 14.5. The van der Waals surface area contributed by atoms with Crippen molar-refractivity contribution in [3.63, 3.8) is 0 Å². The van der Waals surface area contributed by atoms with Crippen LogP contribution in [0.3, 0.4) is 0 Å². The summed E-state index contributed by atoms with van der Waals surface area (Å²) in [6.45, 7) is 0.593. The zero-order valence-electron chi connectivity index (χ0n) is 25.0. The molecule has 0 saturated heterocycles. The van der Waals surface area contributed by atoms with Crippen LogP contribution < -0.4 is 0 Å². The maximum absolute atomic E-state index is 11.7. The summed E-state index contributed by atoms with van der Waals surface area (Å²) in [6, 6.07) is -3.48. The van der Waals surface area contributed by atoms with Crippen LogP contribution in [0, 0.1) is 0 Å². The molecule has 0 spiro atoms. The normalized spacial score (nSPS) is 13.7. The van der Waals surface area contributed by atoms with Crippen LogP contribution in [-0.2, 0) is 38.4 Å². The maximum Gasteiger partial charge on any atom is 0.235 e. The lowest BCUT2D eigenvalue weighted by Crippen LogP contribution is -2.49. The minimum absolute atomic E-state index is 0.0152. The highest BCUT2D eigenvalue weighted by molar-refractivity contribution is 5.41. The minimum atomic E-state index is -1.57. The molecule has 0 aliphatic carbocycles. The van der Waals surface area contributed by atoms with Crippen molar-refractivity contribution in [2.45, 2.75) is 113 Å². The van der Waals surface area contributed by atoms with Gasteiger partial charge in [0.05, 0.1) is 43.8 Å². The zero-order chi connectivity index (χ0) is 33.4. The second-order valence-electron chi connectivity index (χ2n) is 9.89. The van der Waals surface area contributed by atoms with E-state index in [1.54, 1.807) is 0 Å². The molecule has 240 valence electrons. The molecule has 0 heterocycles. The Bertz CT molecular complexity index is 1270. The number of nitrogens with zero attached hydrogens (tertiary/aromatic N) is 8. The number of aliphatic imine (C=N–C) groups is 8. The summed E-state index contributed by atoms with van der Waals surface area (Å²) >= 11 is 0. The van der Waals surface area contributed by atoms with Gasteiger partial charge >= 0.3 is 0 Å². The van der Waals surface area contributed by atoms with Crippen molar-refractivity contribution in [2.75, 3.05) is 19.6 Å². The SMILES string of the molecule is O=C=NCCCCCC(N=C=O)C(CCCC(N=C=O)C(CCCN=C=O)(N=C=O)C(CCCCCN=C=O)N=C=O)N=C=O. The van der Waals surface area contributed by atoms with Gasteiger partial charge in [-0.1, -0.05) is 25.7 Å². The average Bonchev–Trinajstić information content (AvgIpc) is 3.04. The van der Waals surface area contributed by atoms with Crippen LogP contribution in [0.4, 0.5) is 0 Å². The molecule has 16 nitrogen and oxygen atoms in total. The van der Waals surface area contributed by atoms with E-state index in [2.05, 4.69) is 39.9 Å². The second-order valence-corrected chi connectivity index (χ2v) is 9.89. The van der Waals surface area contributed by atoms with E-state index in [4.69, 9.17) is 0 Å². The van der Waals surface area contributed by atoms with Gasteiger partial charge in [0.25, 0.3) is 0 Å². The highest BCUT2D eigenvalue weighted by atomic mass is 16.1.